The second-order valence-corrected chi connectivity index (χ2v) is 9.30. The lowest BCUT2D eigenvalue weighted by Crippen LogP contribution is -2.32. The van der Waals surface area contributed by atoms with Crippen molar-refractivity contribution in [1.29, 1.82) is 0 Å². The summed E-state index contributed by atoms with van der Waals surface area (Å²) in [7, 11) is -4.06. The predicted octanol–water partition coefficient (Wildman–Crippen LogP) is 5.68. The van der Waals surface area contributed by atoms with E-state index in [1.807, 2.05) is 37.3 Å². The number of nitrogens with zero attached hydrogens (tertiary/aromatic N) is 1. The number of ether oxygens (including phenoxy) is 1. The fourth-order valence-corrected chi connectivity index (χ4v) is 4.78. The van der Waals surface area contributed by atoms with Crippen LogP contribution in [-0.4, -0.2) is 31.7 Å². The molecule has 0 aliphatic rings. The number of carbonyl (C=O) groups excluding carboxylic acids is 1. The van der Waals surface area contributed by atoms with E-state index in [0.29, 0.717) is 30.2 Å². The molecule has 3 rings (SSSR count). The Balaban J connectivity index is 1.75. The molecule has 3 aromatic rings. The largest absolute Gasteiger partial charge is 0.457 e. The molecular formula is C25H27FN2O4S. The Kier molecular flexibility index (Phi) is 8.19. The molecule has 3 aromatic carbocycles. The van der Waals surface area contributed by atoms with Crippen LogP contribution in [0.4, 0.5) is 10.1 Å². The highest BCUT2D eigenvalue weighted by atomic mass is 32.2. The van der Waals surface area contributed by atoms with Gasteiger partial charge in [0.05, 0.1) is 0 Å². The van der Waals surface area contributed by atoms with Crippen molar-refractivity contribution in [3.63, 3.8) is 0 Å². The highest BCUT2D eigenvalue weighted by molar-refractivity contribution is 7.89. The third kappa shape index (κ3) is 6.18. The average Bonchev–Trinajstić information content (AvgIpc) is 2.81. The fourth-order valence-electron chi connectivity index (χ4n) is 3.20. The van der Waals surface area contributed by atoms with Crippen LogP contribution in [0.5, 0.6) is 11.5 Å². The van der Waals surface area contributed by atoms with Crippen molar-refractivity contribution in [1.82, 2.24) is 4.31 Å². The van der Waals surface area contributed by atoms with Crippen LogP contribution < -0.4 is 10.1 Å². The van der Waals surface area contributed by atoms with Crippen molar-refractivity contribution < 1.29 is 22.3 Å². The average molecular weight is 471 g/mol. The minimum Gasteiger partial charge on any atom is -0.457 e. The van der Waals surface area contributed by atoms with Gasteiger partial charge in [-0.15, -0.1) is 0 Å². The van der Waals surface area contributed by atoms with E-state index in [0.717, 1.165) is 18.6 Å². The van der Waals surface area contributed by atoms with Gasteiger partial charge in [-0.3, -0.25) is 4.79 Å². The molecular weight excluding hydrogens is 443 g/mol. The summed E-state index contributed by atoms with van der Waals surface area (Å²) in [5, 5.41) is 2.70. The number of hydrogen-bond donors (Lipinski definition) is 1. The predicted molar refractivity (Wildman–Crippen MR) is 127 cm³/mol. The smallest absolute Gasteiger partial charge is 0.255 e. The highest BCUT2D eigenvalue weighted by Gasteiger charge is 2.27. The first-order valence-corrected chi connectivity index (χ1v) is 12.2. The van der Waals surface area contributed by atoms with Crippen LogP contribution in [0.1, 0.15) is 37.0 Å². The van der Waals surface area contributed by atoms with Crippen molar-refractivity contribution in [2.45, 2.75) is 31.6 Å². The summed E-state index contributed by atoms with van der Waals surface area (Å²) >= 11 is 0. The lowest BCUT2D eigenvalue weighted by Gasteiger charge is -2.21. The maximum atomic E-state index is 14.4. The standard InChI is InChI=1S/C25H27FN2O4S/c1-3-5-17-28(4-2)33(30,31)24-18-19(11-16-23(24)26)25(29)27-20-12-14-22(15-13-20)32-21-9-7-6-8-10-21/h6-16,18H,3-5,17H2,1-2H3,(H,27,29). The molecule has 0 aliphatic heterocycles. The van der Waals surface area contributed by atoms with Crippen molar-refractivity contribution in [2.24, 2.45) is 0 Å². The first-order chi connectivity index (χ1) is 15.8. The van der Waals surface area contributed by atoms with E-state index in [1.165, 1.54) is 10.4 Å². The summed E-state index contributed by atoms with van der Waals surface area (Å²) in [5.74, 6) is -0.140. The van der Waals surface area contributed by atoms with Crippen molar-refractivity contribution >= 4 is 21.6 Å². The van der Waals surface area contributed by atoms with E-state index in [1.54, 1.807) is 31.2 Å². The number of anilines is 1. The number of carbonyl (C=O) groups is 1. The van der Waals surface area contributed by atoms with Crippen LogP contribution in [0, 0.1) is 5.82 Å². The van der Waals surface area contributed by atoms with Crippen LogP contribution >= 0.6 is 0 Å². The monoisotopic (exact) mass is 470 g/mol. The van der Waals surface area contributed by atoms with Crippen LogP contribution in [0.3, 0.4) is 0 Å². The Bertz CT molecular complexity index is 1180. The summed E-state index contributed by atoms with van der Waals surface area (Å²) in [6, 6.07) is 19.4. The minimum absolute atomic E-state index is 0.0473. The molecule has 8 heteroatoms. The maximum absolute atomic E-state index is 14.4. The zero-order chi connectivity index (χ0) is 23.8. The quantitative estimate of drug-likeness (QED) is 0.414. The molecule has 0 bridgehead atoms. The summed E-state index contributed by atoms with van der Waals surface area (Å²) in [6.07, 6.45) is 1.48. The van der Waals surface area contributed by atoms with Gasteiger partial charge in [0.15, 0.2) is 0 Å². The second-order valence-electron chi connectivity index (χ2n) is 7.39. The highest BCUT2D eigenvalue weighted by Crippen LogP contribution is 2.24. The minimum atomic E-state index is -4.06. The van der Waals surface area contributed by atoms with E-state index in [4.69, 9.17) is 4.74 Å². The van der Waals surface area contributed by atoms with Gasteiger partial charge in [0.2, 0.25) is 10.0 Å². The second kappa shape index (κ2) is 11.1. The van der Waals surface area contributed by atoms with Gasteiger partial charge in [-0.25, -0.2) is 12.8 Å². The van der Waals surface area contributed by atoms with Gasteiger partial charge < -0.3 is 10.1 Å². The Labute approximate surface area is 194 Å². The Morgan fingerprint density at radius 1 is 0.970 bits per heavy atom. The molecule has 0 fully saturated rings. The molecule has 0 saturated heterocycles. The zero-order valence-electron chi connectivity index (χ0n) is 18.6. The molecule has 0 unspecified atom stereocenters. The van der Waals surface area contributed by atoms with Crippen LogP contribution in [-0.2, 0) is 10.0 Å². The summed E-state index contributed by atoms with van der Waals surface area (Å²) in [5.41, 5.74) is 0.540. The SMILES string of the molecule is CCCCN(CC)S(=O)(=O)c1cc(C(=O)Nc2ccc(Oc3ccccc3)cc2)ccc1F. The van der Waals surface area contributed by atoms with E-state index < -0.39 is 26.6 Å². The number of halogens is 1. The van der Waals surface area contributed by atoms with Gasteiger partial charge in [0.1, 0.15) is 22.2 Å². The first-order valence-electron chi connectivity index (χ1n) is 10.8. The zero-order valence-corrected chi connectivity index (χ0v) is 19.4. The third-order valence-electron chi connectivity index (χ3n) is 5.02. The van der Waals surface area contributed by atoms with Gasteiger partial charge in [0, 0.05) is 24.3 Å². The molecule has 0 heterocycles. The number of amides is 1. The topological polar surface area (TPSA) is 75.7 Å². The Morgan fingerprint density at radius 3 is 2.27 bits per heavy atom. The molecule has 1 amide bonds. The molecule has 0 aliphatic carbocycles. The Morgan fingerprint density at radius 2 is 1.64 bits per heavy atom. The van der Waals surface area contributed by atoms with Gasteiger partial charge in [-0.1, -0.05) is 38.5 Å². The number of unbranched alkanes of at least 4 members (excludes halogenated alkanes) is 1. The Hall–Kier alpha value is -3.23. The van der Waals surface area contributed by atoms with Gasteiger partial charge >= 0.3 is 0 Å². The number of para-hydroxylation sites is 1. The van der Waals surface area contributed by atoms with Crippen LogP contribution in [0.15, 0.2) is 77.7 Å². The van der Waals surface area contributed by atoms with Crippen molar-refractivity contribution in [2.75, 3.05) is 18.4 Å². The molecule has 0 saturated carbocycles. The van der Waals surface area contributed by atoms with Crippen LogP contribution in [0.2, 0.25) is 0 Å². The normalized spacial score (nSPS) is 11.4. The molecule has 0 spiro atoms. The van der Waals surface area contributed by atoms with Crippen molar-refractivity contribution in [3.05, 3.63) is 84.2 Å². The maximum Gasteiger partial charge on any atom is 0.255 e. The number of sulfonamides is 1. The van der Waals surface area contributed by atoms with E-state index in [2.05, 4.69) is 5.32 Å². The molecule has 1 N–H and O–H groups in total. The molecule has 0 radical (unpaired) electrons. The number of nitrogens with one attached hydrogen (secondary N) is 1. The van der Waals surface area contributed by atoms with Gasteiger partial charge in [-0.2, -0.15) is 4.31 Å². The molecule has 6 nitrogen and oxygen atoms in total. The summed E-state index contributed by atoms with van der Waals surface area (Å²) in [6.45, 7) is 4.16. The van der Waals surface area contributed by atoms with E-state index >= 15 is 0 Å². The summed E-state index contributed by atoms with van der Waals surface area (Å²) < 4.78 is 47.3. The lowest BCUT2D eigenvalue weighted by molar-refractivity contribution is 0.102. The molecule has 0 atom stereocenters. The molecule has 33 heavy (non-hydrogen) atoms. The first kappa shape index (κ1) is 24.4. The number of hydrogen-bond acceptors (Lipinski definition) is 4. The third-order valence-corrected chi connectivity index (χ3v) is 7.01. The lowest BCUT2D eigenvalue weighted by atomic mass is 10.2. The number of benzene rings is 3. The van der Waals surface area contributed by atoms with Crippen molar-refractivity contribution in [3.8, 4) is 11.5 Å². The van der Waals surface area contributed by atoms with E-state index in [-0.39, 0.29) is 12.1 Å². The van der Waals surface area contributed by atoms with Crippen LogP contribution in [0.25, 0.3) is 0 Å². The molecule has 174 valence electrons. The van der Waals surface area contributed by atoms with Gasteiger partial charge in [0.25, 0.3) is 5.91 Å². The fraction of sp³-hybridized carbons (Fsp3) is 0.240. The van der Waals surface area contributed by atoms with E-state index in [9.17, 15) is 17.6 Å². The van der Waals surface area contributed by atoms with Gasteiger partial charge in [-0.05, 0) is 61.0 Å². The molecule has 0 aromatic heterocycles. The number of rotatable bonds is 10. The summed E-state index contributed by atoms with van der Waals surface area (Å²) in [4.78, 5) is 12.2.